The molecular weight excluding hydrogens is 177 g/mol. The number of hydrogen-bond acceptors (Lipinski definition) is 1. The molecule has 0 heterocycles. The van der Waals surface area contributed by atoms with Gasteiger partial charge in [0.15, 0.2) is 0 Å². The third kappa shape index (κ3) is 2.32. The molecular formula is C12H18FN. The summed E-state index contributed by atoms with van der Waals surface area (Å²) in [6.07, 6.45) is 7.03. The lowest BCUT2D eigenvalue weighted by atomic mass is 9.81. The van der Waals surface area contributed by atoms with E-state index in [1.807, 2.05) is 32.9 Å². The van der Waals surface area contributed by atoms with E-state index in [0.29, 0.717) is 0 Å². The van der Waals surface area contributed by atoms with Gasteiger partial charge >= 0.3 is 0 Å². The van der Waals surface area contributed by atoms with E-state index in [1.54, 1.807) is 6.08 Å². The molecule has 0 saturated carbocycles. The highest BCUT2D eigenvalue weighted by Crippen LogP contribution is 2.27. The summed E-state index contributed by atoms with van der Waals surface area (Å²) < 4.78 is 12.9. The molecule has 0 fully saturated rings. The monoisotopic (exact) mass is 195 g/mol. The molecule has 0 radical (unpaired) electrons. The number of rotatable bonds is 2. The Morgan fingerprint density at radius 2 is 2.29 bits per heavy atom. The van der Waals surface area contributed by atoms with Crippen molar-refractivity contribution in [3.63, 3.8) is 0 Å². The lowest BCUT2D eigenvalue weighted by Crippen LogP contribution is -2.34. The largest absolute Gasteiger partial charge is 0.324 e. The van der Waals surface area contributed by atoms with Crippen molar-refractivity contribution in [1.82, 2.24) is 0 Å². The van der Waals surface area contributed by atoms with E-state index in [2.05, 4.69) is 0 Å². The average Bonchev–Trinajstić information content (AvgIpc) is 2.15. The summed E-state index contributed by atoms with van der Waals surface area (Å²) >= 11 is 0. The molecule has 1 rings (SSSR count). The summed E-state index contributed by atoms with van der Waals surface area (Å²) in [5.74, 6) is 0.231. The maximum Gasteiger partial charge on any atom is 0.119 e. The van der Waals surface area contributed by atoms with E-state index < -0.39 is 0 Å². The Bertz CT molecular complexity index is 289. The van der Waals surface area contributed by atoms with Gasteiger partial charge in [-0.05, 0) is 31.9 Å². The van der Waals surface area contributed by atoms with Gasteiger partial charge in [-0.15, -0.1) is 0 Å². The quantitative estimate of drug-likeness (QED) is 0.673. The van der Waals surface area contributed by atoms with Gasteiger partial charge in [-0.25, -0.2) is 4.39 Å². The molecule has 0 aromatic carbocycles. The third-order valence-corrected chi connectivity index (χ3v) is 2.90. The molecule has 0 aliphatic heterocycles. The highest BCUT2D eigenvalue weighted by molar-refractivity contribution is 5.24. The summed E-state index contributed by atoms with van der Waals surface area (Å²) in [7, 11) is 0. The van der Waals surface area contributed by atoms with E-state index in [-0.39, 0.29) is 23.7 Å². The van der Waals surface area contributed by atoms with Crippen LogP contribution in [0.5, 0.6) is 0 Å². The van der Waals surface area contributed by atoms with E-state index >= 15 is 0 Å². The van der Waals surface area contributed by atoms with Gasteiger partial charge in [-0.3, -0.25) is 0 Å². The van der Waals surface area contributed by atoms with Crippen LogP contribution in [0.4, 0.5) is 4.39 Å². The third-order valence-electron chi connectivity index (χ3n) is 2.90. The Kier molecular flexibility index (Phi) is 3.64. The van der Waals surface area contributed by atoms with Gasteiger partial charge in [-0.2, -0.15) is 0 Å². The first-order valence-corrected chi connectivity index (χ1v) is 5.00. The van der Waals surface area contributed by atoms with Crippen molar-refractivity contribution in [2.75, 3.05) is 0 Å². The van der Waals surface area contributed by atoms with Crippen molar-refractivity contribution < 1.29 is 4.39 Å². The molecule has 1 aliphatic carbocycles. The molecule has 3 atom stereocenters. The van der Waals surface area contributed by atoms with Crippen molar-refractivity contribution >= 4 is 0 Å². The lowest BCUT2D eigenvalue weighted by molar-refractivity contribution is 0.434. The zero-order chi connectivity index (χ0) is 10.7. The van der Waals surface area contributed by atoms with Crippen LogP contribution in [-0.4, -0.2) is 6.04 Å². The van der Waals surface area contributed by atoms with E-state index in [1.165, 1.54) is 6.08 Å². The topological polar surface area (TPSA) is 26.0 Å². The summed E-state index contributed by atoms with van der Waals surface area (Å²) in [5, 5.41) is 0. The molecule has 3 unspecified atom stereocenters. The first-order chi connectivity index (χ1) is 6.56. The van der Waals surface area contributed by atoms with Gasteiger partial charge in [0.05, 0.1) is 0 Å². The fourth-order valence-corrected chi connectivity index (χ4v) is 1.74. The van der Waals surface area contributed by atoms with E-state index in [9.17, 15) is 4.39 Å². The first kappa shape index (κ1) is 11.2. The fourth-order valence-electron chi connectivity index (χ4n) is 1.74. The molecule has 0 amide bonds. The molecule has 0 aromatic heterocycles. The Hall–Kier alpha value is -0.890. The van der Waals surface area contributed by atoms with Crippen LogP contribution in [0, 0.1) is 11.8 Å². The lowest BCUT2D eigenvalue weighted by Gasteiger charge is -2.27. The number of hydrogen-bond donors (Lipinski definition) is 1. The van der Waals surface area contributed by atoms with Crippen molar-refractivity contribution in [2.24, 2.45) is 17.6 Å². The van der Waals surface area contributed by atoms with Crippen LogP contribution < -0.4 is 5.73 Å². The zero-order valence-corrected chi connectivity index (χ0v) is 9.00. The van der Waals surface area contributed by atoms with Crippen molar-refractivity contribution in [3.05, 3.63) is 35.7 Å². The minimum Gasteiger partial charge on any atom is -0.324 e. The highest BCUT2D eigenvalue weighted by Gasteiger charge is 2.23. The van der Waals surface area contributed by atoms with E-state index in [4.69, 9.17) is 5.73 Å². The summed E-state index contributed by atoms with van der Waals surface area (Å²) in [6, 6.07) is -0.00407. The molecule has 2 heteroatoms. The van der Waals surface area contributed by atoms with Crippen LogP contribution in [0.2, 0.25) is 0 Å². The Balaban J connectivity index is 2.77. The smallest absolute Gasteiger partial charge is 0.119 e. The molecule has 14 heavy (non-hydrogen) atoms. The minimum atomic E-state index is -0.154. The molecule has 0 bridgehead atoms. The van der Waals surface area contributed by atoms with Crippen LogP contribution in [-0.2, 0) is 0 Å². The van der Waals surface area contributed by atoms with Crippen LogP contribution in [0.1, 0.15) is 20.8 Å². The van der Waals surface area contributed by atoms with Gasteiger partial charge in [0.1, 0.15) is 5.83 Å². The highest BCUT2D eigenvalue weighted by atomic mass is 19.1. The molecule has 2 N–H and O–H groups in total. The van der Waals surface area contributed by atoms with Crippen LogP contribution >= 0.6 is 0 Å². The molecule has 0 saturated heterocycles. The van der Waals surface area contributed by atoms with Crippen molar-refractivity contribution in [3.8, 4) is 0 Å². The Morgan fingerprint density at radius 3 is 2.79 bits per heavy atom. The average molecular weight is 195 g/mol. The van der Waals surface area contributed by atoms with Gasteiger partial charge in [0.25, 0.3) is 0 Å². The zero-order valence-electron chi connectivity index (χ0n) is 9.00. The normalized spacial score (nSPS) is 30.1. The summed E-state index contributed by atoms with van der Waals surface area (Å²) in [5.41, 5.74) is 7.22. The Morgan fingerprint density at radius 1 is 1.64 bits per heavy atom. The number of halogens is 1. The van der Waals surface area contributed by atoms with Gasteiger partial charge < -0.3 is 5.73 Å². The molecule has 78 valence electrons. The van der Waals surface area contributed by atoms with Gasteiger partial charge in [-0.1, -0.05) is 24.6 Å². The standard InChI is InChI=1S/C12H18FN/c1-4-8(2)12(14)11-6-5-10(13)7-9(11)3/h4-7,9,11-12H,14H2,1-3H3/b8-4+. The van der Waals surface area contributed by atoms with E-state index in [0.717, 1.165) is 5.57 Å². The van der Waals surface area contributed by atoms with Crippen LogP contribution in [0.25, 0.3) is 0 Å². The van der Waals surface area contributed by atoms with Crippen LogP contribution in [0.3, 0.4) is 0 Å². The predicted molar refractivity (Wildman–Crippen MR) is 58.4 cm³/mol. The van der Waals surface area contributed by atoms with Gasteiger partial charge in [0, 0.05) is 12.0 Å². The summed E-state index contributed by atoms with van der Waals surface area (Å²) in [6.45, 7) is 5.99. The maximum atomic E-state index is 12.9. The van der Waals surface area contributed by atoms with Crippen LogP contribution in [0.15, 0.2) is 35.7 Å². The van der Waals surface area contributed by atoms with Crippen molar-refractivity contribution in [2.45, 2.75) is 26.8 Å². The first-order valence-electron chi connectivity index (χ1n) is 5.00. The second-order valence-electron chi connectivity index (χ2n) is 3.91. The SMILES string of the molecule is C/C=C(\C)C(N)C1C=CC(F)=CC1C. The number of allylic oxidation sites excluding steroid dienone is 4. The fraction of sp³-hybridized carbons (Fsp3) is 0.500. The predicted octanol–water partition coefficient (Wildman–Crippen LogP) is 2.96. The minimum absolute atomic E-state index is 0.00407. The second kappa shape index (κ2) is 4.56. The number of nitrogens with two attached hydrogens (primary N) is 1. The molecule has 0 spiro atoms. The molecule has 1 aliphatic rings. The molecule has 0 aromatic rings. The van der Waals surface area contributed by atoms with Crippen molar-refractivity contribution in [1.29, 1.82) is 0 Å². The maximum absolute atomic E-state index is 12.9. The molecule has 1 nitrogen and oxygen atoms in total. The van der Waals surface area contributed by atoms with Gasteiger partial charge in [0.2, 0.25) is 0 Å². The summed E-state index contributed by atoms with van der Waals surface area (Å²) in [4.78, 5) is 0. The second-order valence-corrected chi connectivity index (χ2v) is 3.91. The Labute approximate surface area is 85.2 Å².